The van der Waals surface area contributed by atoms with Crippen LogP contribution < -0.4 is 10.6 Å². The van der Waals surface area contributed by atoms with Crippen LogP contribution in [-0.4, -0.2) is 25.0 Å². The molecule has 0 unspecified atom stereocenters. The first-order valence-electron chi connectivity index (χ1n) is 5.47. The van der Waals surface area contributed by atoms with Crippen LogP contribution in [0.4, 0.5) is 0 Å². The molecule has 1 heterocycles. The Morgan fingerprint density at radius 2 is 2.43 bits per heavy atom. The first-order valence-corrected chi connectivity index (χ1v) is 5.47. The van der Waals surface area contributed by atoms with Gasteiger partial charge in [-0.25, -0.2) is 0 Å². The molecule has 1 rings (SSSR count). The number of carbonyl (C=O) groups is 1. The SMILES string of the molecule is C/C=C/CCNC(=O)[C@@H]1CCCCN1. The molecule has 80 valence electrons. The quantitative estimate of drug-likeness (QED) is 0.524. The number of nitrogens with one attached hydrogen (secondary N) is 2. The molecule has 3 heteroatoms. The molecule has 0 aromatic carbocycles. The van der Waals surface area contributed by atoms with Gasteiger partial charge >= 0.3 is 0 Å². The maximum atomic E-state index is 11.6. The van der Waals surface area contributed by atoms with E-state index in [1.54, 1.807) is 0 Å². The van der Waals surface area contributed by atoms with Gasteiger partial charge in [-0.3, -0.25) is 4.79 Å². The van der Waals surface area contributed by atoms with Gasteiger partial charge in [0.2, 0.25) is 5.91 Å². The minimum Gasteiger partial charge on any atom is -0.354 e. The lowest BCUT2D eigenvalue weighted by atomic mass is 10.0. The van der Waals surface area contributed by atoms with E-state index in [0.717, 1.165) is 25.9 Å². The predicted octanol–water partition coefficient (Wildman–Crippen LogP) is 1.21. The van der Waals surface area contributed by atoms with E-state index in [1.165, 1.54) is 12.8 Å². The minimum atomic E-state index is 0.0503. The fourth-order valence-corrected chi connectivity index (χ4v) is 1.64. The molecule has 14 heavy (non-hydrogen) atoms. The van der Waals surface area contributed by atoms with Gasteiger partial charge in [-0.15, -0.1) is 0 Å². The maximum Gasteiger partial charge on any atom is 0.237 e. The van der Waals surface area contributed by atoms with E-state index in [9.17, 15) is 4.79 Å². The Morgan fingerprint density at radius 3 is 3.07 bits per heavy atom. The van der Waals surface area contributed by atoms with E-state index in [4.69, 9.17) is 0 Å². The first kappa shape index (κ1) is 11.2. The number of amides is 1. The lowest BCUT2D eigenvalue weighted by Crippen LogP contribution is -2.46. The molecular formula is C11H20N2O. The molecule has 0 saturated carbocycles. The predicted molar refractivity (Wildman–Crippen MR) is 58.1 cm³/mol. The van der Waals surface area contributed by atoms with E-state index in [0.29, 0.717) is 0 Å². The smallest absolute Gasteiger partial charge is 0.237 e. The van der Waals surface area contributed by atoms with E-state index < -0.39 is 0 Å². The van der Waals surface area contributed by atoms with Crippen molar-refractivity contribution in [2.75, 3.05) is 13.1 Å². The summed E-state index contributed by atoms with van der Waals surface area (Å²) in [6.07, 6.45) is 8.34. The Bertz CT molecular complexity index is 195. The summed E-state index contributed by atoms with van der Waals surface area (Å²) in [6.45, 7) is 3.72. The van der Waals surface area contributed by atoms with E-state index in [2.05, 4.69) is 16.7 Å². The van der Waals surface area contributed by atoms with Crippen LogP contribution in [0.5, 0.6) is 0 Å². The summed E-state index contributed by atoms with van der Waals surface area (Å²) < 4.78 is 0. The van der Waals surface area contributed by atoms with Crippen molar-refractivity contribution in [3.63, 3.8) is 0 Å². The fourth-order valence-electron chi connectivity index (χ4n) is 1.64. The van der Waals surface area contributed by atoms with Crippen LogP contribution in [0.3, 0.4) is 0 Å². The molecular weight excluding hydrogens is 176 g/mol. The molecule has 3 nitrogen and oxygen atoms in total. The molecule has 0 aromatic rings. The molecule has 2 N–H and O–H groups in total. The van der Waals surface area contributed by atoms with Gasteiger partial charge < -0.3 is 10.6 Å². The molecule has 1 fully saturated rings. The highest BCUT2D eigenvalue weighted by atomic mass is 16.2. The van der Waals surface area contributed by atoms with Gasteiger partial charge in [-0.05, 0) is 32.7 Å². The Morgan fingerprint density at radius 1 is 1.57 bits per heavy atom. The number of allylic oxidation sites excluding steroid dienone is 1. The third kappa shape index (κ3) is 3.92. The van der Waals surface area contributed by atoms with Crippen molar-refractivity contribution in [3.05, 3.63) is 12.2 Å². The molecule has 1 aliphatic heterocycles. The van der Waals surface area contributed by atoms with Gasteiger partial charge in [0.15, 0.2) is 0 Å². The van der Waals surface area contributed by atoms with Crippen LogP contribution >= 0.6 is 0 Å². The molecule has 0 radical (unpaired) electrons. The maximum absolute atomic E-state index is 11.6. The zero-order valence-corrected chi connectivity index (χ0v) is 8.88. The fraction of sp³-hybridized carbons (Fsp3) is 0.727. The molecule has 1 aliphatic rings. The third-order valence-corrected chi connectivity index (χ3v) is 2.47. The van der Waals surface area contributed by atoms with Crippen LogP contribution in [0, 0.1) is 0 Å². The molecule has 0 aliphatic carbocycles. The summed E-state index contributed by atoms with van der Waals surface area (Å²) in [7, 11) is 0. The first-order chi connectivity index (χ1) is 6.84. The number of hydrogen-bond acceptors (Lipinski definition) is 2. The van der Waals surface area contributed by atoms with E-state index >= 15 is 0 Å². The van der Waals surface area contributed by atoms with Crippen molar-refractivity contribution in [2.45, 2.75) is 38.6 Å². The summed E-state index contributed by atoms with van der Waals surface area (Å²) in [5.41, 5.74) is 0. The molecule has 0 spiro atoms. The monoisotopic (exact) mass is 196 g/mol. The van der Waals surface area contributed by atoms with Gasteiger partial charge in [0.1, 0.15) is 0 Å². The van der Waals surface area contributed by atoms with Crippen molar-refractivity contribution in [1.82, 2.24) is 10.6 Å². The summed E-state index contributed by atoms with van der Waals surface area (Å²) >= 11 is 0. The zero-order valence-electron chi connectivity index (χ0n) is 8.88. The van der Waals surface area contributed by atoms with Gasteiger partial charge in [0.05, 0.1) is 6.04 Å². The van der Waals surface area contributed by atoms with Gasteiger partial charge in [0.25, 0.3) is 0 Å². The molecule has 1 saturated heterocycles. The topological polar surface area (TPSA) is 41.1 Å². The number of piperidine rings is 1. The summed E-state index contributed by atoms with van der Waals surface area (Å²) in [5, 5.41) is 6.16. The average molecular weight is 196 g/mol. The molecule has 1 amide bonds. The number of rotatable bonds is 4. The molecule has 1 atom stereocenters. The van der Waals surface area contributed by atoms with Crippen molar-refractivity contribution < 1.29 is 4.79 Å². The van der Waals surface area contributed by atoms with Crippen molar-refractivity contribution in [2.24, 2.45) is 0 Å². The van der Waals surface area contributed by atoms with Gasteiger partial charge in [0, 0.05) is 6.54 Å². The minimum absolute atomic E-state index is 0.0503. The molecule has 0 aromatic heterocycles. The standard InChI is InChI=1S/C11H20N2O/c1-2-3-5-9-13-11(14)10-7-4-6-8-12-10/h2-3,10,12H,4-9H2,1H3,(H,13,14)/b3-2+/t10-/m0/s1. The summed E-state index contributed by atoms with van der Waals surface area (Å²) in [6, 6.07) is 0.0503. The zero-order chi connectivity index (χ0) is 10.2. The molecule has 0 bridgehead atoms. The highest BCUT2D eigenvalue weighted by molar-refractivity contribution is 5.81. The Kier molecular flexibility index (Phi) is 5.30. The van der Waals surface area contributed by atoms with Crippen molar-refractivity contribution in [1.29, 1.82) is 0 Å². The Hall–Kier alpha value is -0.830. The second-order valence-corrected chi connectivity index (χ2v) is 3.65. The van der Waals surface area contributed by atoms with Gasteiger partial charge in [-0.1, -0.05) is 18.6 Å². The normalized spacial score (nSPS) is 22.5. The highest BCUT2D eigenvalue weighted by Crippen LogP contribution is 2.06. The van der Waals surface area contributed by atoms with Crippen LogP contribution in [0.25, 0.3) is 0 Å². The second kappa shape index (κ2) is 6.60. The average Bonchev–Trinajstić information content (AvgIpc) is 2.25. The Balaban J connectivity index is 2.13. The lowest BCUT2D eigenvalue weighted by Gasteiger charge is -2.22. The van der Waals surface area contributed by atoms with Gasteiger partial charge in [-0.2, -0.15) is 0 Å². The van der Waals surface area contributed by atoms with E-state index in [-0.39, 0.29) is 11.9 Å². The van der Waals surface area contributed by atoms with Crippen LogP contribution in [-0.2, 0) is 4.79 Å². The summed E-state index contributed by atoms with van der Waals surface area (Å²) in [5.74, 6) is 0.161. The van der Waals surface area contributed by atoms with Crippen LogP contribution in [0.1, 0.15) is 32.6 Å². The number of carbonyl (C=O) groups excluding carboxylic acids is 1. The number of hydrogen-bond donors (Lipinski definition) is 2. The van der Waals surface area contributed by atoms with E-state index in [1.807, 2.05) is 13.0 Å². The third-order valence-electron chi connectivity index (χ3n) is 2.47. The van der Waals surface area contributed by atoms with Crippen LogP contribution in [0.15, 0.2) is 12.2 Å². The second-order valence-electron chi connectivity index (χ2n) is 3.65. The largest absolute Gasteiger partial charge is 0.354 e. The van der Waals surface area contributed by atoms with Crippen molar-refractivity contribution >= 4 is 5.91 Å². The van der Waals surface area contributed by atoms with Crippen LogP contribution in [0.2, 0.25) is 0 Å². The summed E-state index contributed by atoms with van der Waals surface area (Å²) in [4.78, 5) is 11.6. The van der Waals surface area contributed by atoms with Crippen molar-refractivity contribution in [3.8, 4) is 0 Å². The highest BCUT2D eigenvalue weighted by Gasteiger charge is 2.19. The Labute approximate surface area is 86.0 Å². The lowest BCUT2D eigenvalue weighted by molar-refractivity contribution is -0.123.